The topological polar surface area (TPSA) is 69.0 Å². The van der Waals surface area contributed by atoms with Crippen LogP contribution in [0.15, 0.2) is 42.5 Å². The van der Waals surface area contributed by atoms with E-state index in [0.29, 0.717) is 16.3 Å². The number of nitriles is 1. The fourth-order valence-corrected chi connectivity index (χ4v) is 5.61. The van der Waals surface area contributed by atoms with Crippen molar-refractivity contribution in [2.75, 3.05) is 50.9 Å². The maximum Gasteiger partial charge on any atom is 0.191 e. The number of piperazine rings is 1. The molecular formula is C28H40ClN3O3Si. The highest BCUT2D eigenvalue weighted by atomic mass is 35.5. The second-order valence-corrected chi connectivity index (χ2v) is 16.1. The largest absolute Gasteiger partial charge is 0.491 e. The Balaban J connectivity index is 1.69. The van der Waals surface area contributed by atoms with Gasteiger partial charge in [-0.05, 0) is 54.4 Å². The Morgan fingerprint density at radius 3 is 2.28 bits per heavy atom. The molecule has 2 aromatic carbocycles. The van der Waals surface area contributed by atoms with Gasteiger partial charge in [-0.3, -0.25) is 4.90 Å². The molecule has 0 bridgehead atoms. The number of halogens is 1. The molecule has 1 aliphatic heterocycles. The number of aliphatic hydroxyl groups is 1. The predicted molar refractivity (Wildman–Crippen MR) is 149 cm³/mol. The molecule has 1 saturated heterocycles. The van der Waals surface area contributed by atoms with E-state index in [1.807, 2.05) is 30.3 Å². The summed E-state index contributed by atoms with van der Waals surface area (Å²) in [5.74, 6) is 0.666. The van der Waals surface area contributed by atoms with Gasteiger partial charge >= 0.3 is 0 Å². The second kappa shape index (κ2) is 12.4. The molecule has 2 aromatic rings. The number of rotatable bonds is 10. The fraction of sp³-hybridized carbons (Fsp3) is 0.536. The summed E-state index contributed by atoms with van der Waals surface area (Å²) >= 11 is 6.58. The number of anilines is 1. The minimum atomic E-state index is -1.82. The SMILES string of the molecule is CC(C)(C)[Si](C)(C)OCCC(c1ccc(C#N)cc1)N1CCN(c2ccc(OCCO)cc2Cl)CC1. The van der Waals surface area contributed by atoms with Crippen LogP contribution in [0.3, 0.4) is 0 Å². The molecule has 0 aliphatic carbocycles. The van der Waals surface area contributed by atoms with Gasteiger partial charge in [0, 0.05) is 44.9 Å². The number of aliphatic hydroxyl groups excluding tert-OH is 1. The van der Waals surface area contributed by atoms with Crippen molar-refractivity contribution in [2.45, 2.75) is 51.4 Å². The molecule has 0 amide bonds. The van der Waals surface area contributed by atoms with E-state index in [4.69, 9.17) is 25.9 Å². The van der Waals surface area contributed by atoms with Gasteiger partial charge in [-0.1, -0.05) is 44.5 Å². The summed E-state index contributed by atoms with van der Waals surface area (Å²) in [5.41, 5.74) is 2.91. The number of hydrogen-bond donors (Lipinski definition) is 1. The van der Waals surface area contributed by atoms with E-state index in [9.17, 15) is 5.26 Å². The van der Waals surface area contributed by atoms with Crippen LogP contribution in [0.1, 0.15) is 44.4 Å². The van der Waals surface area contributed by atoms with Crippen LogP contribution in [-0.2, 0) is 4.43 Å². The number of hydrogen-bond acceptors (Lipinski definition) is 6. The van der Waals surface area contributed by atoms with Gasteiger partial charge in [0.05, 0.1) is 28.9 Å². The maximum absolute atomic E-state index is 9.23. The van der Waals surface area contributed by atoms with Crippen LogP contribution in [0.4, 0.5) is 5.69 Å². The van der Waals surface area contributed by atoms with Crippen molar-refractivity contribution in [1.29, 1.82) is 5.26 Å². The Bertz CT molecular complexity index is 1030. The lowest BCUT2D eigenvalue weighted by atomic mass is 10.00. The van der Waals surface area contributed by atoms with E-state index >= 15 is 0 Å². The normalized spacial score (nSPS) is 16.0. The quantitative estimate of drug-likeness (QED) is 0.389. The Morgan fingerprint density at radius 2 is 1.72 bits per heavy atom. The van der Waals surface area contributed by atoms with Crippen molar-refractivity contribution in [3.63, 3.8) is 0 Å². The van der Waals surface area contributed by atoms with Gasteiger partial charge in [0.25, 0.3) is 0 Å². The first kappa shape index (κ1) is 28.5. The number of ether oxygens (including phenoxy) is 1. The maximum atomic E-state index is 9.23. The molecule has 0 saturated carbocycles. The molecule has 8 heteroatoms. The lowest BCUT2D eigenvalue weighted by Gasteiger charge is -2.41. The molecular weight excluding hydrogens is 490 g/mol. The van der Waals surface area contributed by atoms with Gasteiger partial charge in [-0.25, -0.2) is 0 Å². The Hall–Kier alpha value is -2.08. The molecule has 196 valence electrons. The lowest BCUT2D eigenvalue weighted by molar-refractivity contribution is 0.151. The van der Waals surface area contributed by atoms with Crippen molar-refractivity contribution in [3.8, 4) is 11.8 Å². The zero-order chi connectivity index (χ0) is 26.3. The Labute approximate surface area is 222 Å². The van der Waals surface area contributed by atoms with Gasteiger partial charge in [-0.15, -0.1) is 0 Å². The van der Waals surface area contributed by atoms with Gasteiger partial charge in [-0.2, -0.15) is 5.26 Å². The molecule has 1 heterocycles. The molecule has 1 N–H and O–H groups in total. The average Bonchev–Trinajstić information content (AvgIpc) is 2.85. The van der Waals surface area contributed by atoms with Crippen LogP contribution in [0.5, 0.6) is 5.75 Å². The molecule has 1 unspecified atom stereocenters. The molecule has 36 heavy (non-hydrogen) atoms. The minimum Gasteiger partial charge on any atom is -0.491 e. The van der Waals surface area contributed by atoms with Gasteiger partial charge in [0.15, 0.2) is 8.32 Å². The van der Waals surface area contributed by atoms with E-state index < -0.39 is 8.32 Å². The zero-order valence-electron chi connectivity index (χ0n) is 22.3. The van der Waals surface area contributed by atoms with Crippen LogP contribution in [0.25, 0.3) is 0 Å². The van der Waals surface area contributed by atoms with E-state index in [1.165, 1.54) is 5.56 Å². The molecule has 3 rings (SSSR count). The summed E-state index contributed by atoms with van der Waals surface area (Å²) in [6, 6.07) is 16.2. The summed E-state index contributed by atoms with van der Waals surface area (Å²) in [6.07, 6.45) is 0.913. The van der Waals surface area contributed by atoms with E-state index in [-0.39, 0.29) is 24.3 Å². The van der Waals surface area contributed by atoms with Crippen molar-refractivity contribution < 1.29 is 14.3 Å². The second-order valence-electron chi connectivity index (χ2n) is 10.9. The van der Waals surface area contributed by atoms with E-state index in [1.54, 1.807) is 0 Å². The van der Waals surface area contributed by atoms with Gasteiger partial charge in [0.2, 0.25) is 0 Å². The summed E-state index contributed by atoms with van der Waals surface area (Å²) in [5, 5.41) is 19.0. The van der Waals surface area contributed by atoms with Gasteiger partial charge in [0.1, 0.15) is 12.4 Å². The highest BCUT2D eigenvalue weighted by molar-refractivity contribution is 6.74. The summed E-state index contributed by atoms with van der Waals surface area (Å²) in [7, 11) is -1.82. The summed E-state index contributed by atoms with van der Waals surface area (Å²) in [4.78, 5) is 4.84. The van der Waals surface area contributed by atoms with Crippen molar-refractivity contribution in [3.05, 3.63) is 58.6 Å². The molecule has 0 radical (unpaired) electrons. The van der Waals surface area contributed by atoms with Crippen LogP contribution in [-0.4, -0.2) is 64.3 Å². The minimum absolute atomic E-state index is 0.0251. The number of benzene rings is 2. The summed E-state index contributed by atoms with van der Waals surface area (Å²) < 4.78 is 12.0. The smallest absolute Gasteiger partial charge is 0.191 e. The first-order valence-electron chi connectivity index (χ1n) is 12.7. The fourth-order valence-electron chi connectivity index (χ4n) is 4.25. The van der Waals surface area contributed by atoms with E-state index in [0.717, 1.165) is 44.9 Å². The van der Waals surface area contributed by atoms with Crippen molar-refractivity contribution >= 4 is 25.6 Å². The monoisotopic (exact) mass is 529 g/mol. The first-order valence-corrected chi connectivity index (χ1v) is 16.0. The lowest BCUT2D eigenvalue weighted by Crippen LogP contribution is -2.48. The van der Waals surface area contributed by atoms with Crippen LogP contribution in [0, 0.1) is 11.3 Å². The van der Waals surface area contributed by atoms with E-state index in [2.05, 4.69) is 61.9 Å². The molecule has 0 aromatic heterocycles. The third-order valence-corrected chi connectivity index (χ3v) is 12.3. The standard InChI is InChI=1S/C28H40ClN3O3Si/c1-28(2,3)36(4,5)35-18-12-26(23-8-6-22(21-30)7-9-23)31-13-15-32(16-14-31)27-11-10-24(20-25(27)29)34-19-17-33/h6-11,20,26,33H,12-19H2,1-5H3. The van der Waals surface area contributed by atoms with Crippen LogP contribution in [0.2, 0.25) is 23.2 Å². The Kier molecular flexibility index (Phi) is 9.84. The zero-order valence-corrected chi connectivity index (χ0v) is 24.0. The van der Waals surface area contributed by atoms with Gasteiger partial charge < -0.3 is 19.2 Å². The molecule has 6 nitrogen and oxygen atoms in total. The Morgan fingerprint density at radius 1 is 1.06 bits per heavy atom. The molecule has 0 spiro atoms. The third-order valence-electron chi connectivity index (χ3n) is 7.46. The molecule has 1 aliphatic rings. The third kappa shape index (κ3) is 7.24. The number of nitrogens with zero attached hydrogens (tertiary/aromatic N) is 3. The average molecular weight is 530 g/mol. The molecule has 1 atom stereocenters. The highest BCUT2D eigenvalue weighted by Crippen LogP contribution is 2.37. The highest BCUT2D eigenvalue weighted by Gasteiger charge is 2.37. The first-order chi connectivity index (χ1) is 17.1. The van der Waals surface area contributed by atoms with Crippen molar-refractivity contribution in [1.82, 2.24) is 4.90 Å². The summed E-state index contributed by atoms with van der Waals surface area (Å²) in [6.45, 7) is 15.9. The van der Waals surface area contributed by atoms with Crippen LogP contribution < -0.4 is 9.64 Å². The molecule has 1 fully saturated rings. The van der Waals surface area contributed by atoms with Crippen LogP contribution >= 0.6 is 11.6 Å². The predicted octanol–water partition coefficient (Wildman–Crippen LogP) is 5.86. The van der Waals surface area contributed by atoms with Crippen molar-refractivity contribution in [2.24, 2.45) is 0 Å².